The smallest absolute Gasteiger partial charge is 0.213 e. The predicted octanol–water partition coefficient (Wildman–Crippen LogP) is -0.295. The number of hydroxylamine groups is 1. The van der Waals surface area contributed by atoms with Crippen LogP contribution >= 0.6 is 0 Å². The SMILES string of the molecule is COCCC(C)N=C(N)NO. The summed E-state index contributed by atoms with van der Waals surface area (Å²) in [6, 6.07) is 0.0644. The maximum Gasteiger partial charge on any atom is 0.213 e. The lowest BCUT2D eigenvalue weighted by molar-refractivity contribution is 0.189. The van der Waals surface area contributed by atoms with Gasteiger partial charge in [0, 0.05) is 13.7 Å². The summed E-state index contributed by atoms with van der Waals surface area (Å²) in [6.07, 6.45) is 0.791. The lowest BCUT2D eigenvalue weighted by Gasteiger charge is -2.05. The Morgan fingerprint density at radius 1 is 1.82 bits per heavy atom. The predicted molar refractivity (Wildman–Crippen MR) is 42.5 cm³/mol. The molecule has 5 heteroatoms. The lowest BCUT2D eigenvalue weighted by Crippen LogP contribution is -2.29. The van der Waals surface area contributed by atoms with Gasteiger partial charge in [-0.1, -0.05) is 0 Å². The molecule has 0 amide bonds. The Kier molecular flexibility index (Phi) is 5.50. The summed E-state index contributed by atoms with van der Waals surface area (Å²) in [5.41, 5.74) is 6.95. The summed E-state index contributed by atoms with van der Waals surface area (Å²) in [7, 11) is 1.63. The second-order valence-corrected chi connectivity index (χ2v) is 2.26. The molecule has 0 bridgehead atoms. The van der Waals surface area contributed by atoms with Gasteiger partial charge in [0.1, 0.15) is 0 Å². The molecule has 0 fully saturated rings. The first-order chi connectivity index (χ1) is 5.20. The summed E-state index contributed by atoms with van der Waals surface area (Å²) in [5.74, 6) is 0.0357. The Bertz CT molecular complexity index is 127. The number of rotatable bonds is 4. The molecule has 0 aromatic rings. The summed E-state index contributed by atoms with van der Waals surface area (Å²) >= 11 is 0. The van der Waals surface area contributed by atoms with Gasteiger partial charge in [0.25, 0.3) is 0 Å². The molecular weight excluding hydrogens is 146 g/mol. The number of aliphatic imine (C=N–C) groups is 1. The van der Waals surface area contributed by atoms with Crippen molar-refractivity contribution in [3.05, 3.63) is 0 Å². The molecular formula is C6H15N3O2. The van der Waals surface area contributed by atoms with E-state index in [2.05, 4.69) is 4.99 Å². The van der Waals surface area contributed by atoms with Gasteiger partial charge in [-0.2, -0.15) is 0 Å². The number of nitrogens with one attached hydrogen (secondary N) is 1. The molecule has 0 aromatic carbocycles. The van der Waals surface area contributed by atoms with Crippen LogP contribution in [0.2, 0.25) is 0 Å². The summed E-state index contributed by atoms with van der Waals surface area (Å²) < 4.78 is 4.83. The minimum Gasteiger partial charge on any atom is -0.385 e. The van der Waals surface area contributed by atoms with Crippen LogP contribution in [0.25, 0.3) is 0 Å². The Morgan fingerprint density at radius 3 is 2.91 bits per heavy atom. The normalized spacial score (nSPS) is 14.6. The Labute approximate surface area is 66.2 Å². The fourth-order valence-corrected chi connectivity index (χ4v) is 0.619. The quantitative estimate of drug-likeness (QED) is 0.300. The standard InChI is InChI=1S/C6H15N3O2/c1-5(3-4-11-2)8-6(7)9-10/h5,10H,3-4H2,1-2H3,(H3,7,8,9). The molecule has 4 N–H and O–H groups in total. The van der Waals surface area contributed by atoms with Gasteiger partial charge in [-0.15, -0.1) is 0 Å². The maximum absolute atomic E-state index is 8.27. The van der Waals surface area contributed by atoms with Crippen molar-refractivity contribution in [1.82, 2.24) is 5.48 Å². The zero-order chi connectivity index (χ0) is 8.69. The topological polar surface area (TPSA) is 79.9 Å². The monoisotopic (exact) mass is 161 g/mol. The van der Waals surface area contributed by atoms with E-state index in [1.165, 1.54) is 0 Å². The second-order valence-electron chi connectivity index (χ2n) is 2.26. The van der Waals surface area contributed by atoms with Gasteiger partial charge in [0.05, 0.1) is 6.04 Å². The highest BCUT2D eigenvalue weighted by Gasteiger charge is 1.98. The van der Waals surface area contributed by atoms with Gasteiger partial charge in [0.2, 0.25) is 5.96 Å². The van der Waals surface area contributed by atoms with Crippen LogP contribution in [0.5, 0.6) is 0 Å². The van der Waals surface area contributed by atoms with Crippen LogP contribution in [0.4, 0.5) is 0 Å². The molecule has 0 rings (SSSR count). The number of hydrogen-bond acceptors (Lipinski definition) is 3. The van der Waals surface area contributed by atoms with Gasteiger partial charge in [-0.3, -0.25) is 5.21 Å². The van der Waals surface area contributed by atoms with Crippen molar-refractivity contribution in [2.75, 3.05) is 13.7 Å². The average Bonchev–Trinajstić information content (AvgIpc) is 2.00. The van der Waals surface area contributed by atoms with Crippen molar-refractivity contribution in [3.8, 4) is 0 Å². The first kappa shape index (κ1) is 10.2. The van der Waals surface area contributed by atoms with Crippen molar-refractivity contribution in [1.29, 1.82) is 0 Å². The molecule has 11 heavy (non-hydrogen) atoms. The van der Waals surface area contributed by atoms with E-state index in [4.69, 9.17) is 15.7 Å². The molecule has 0 aromatic heterocycles. The van der Waals surface area contributed by atoms with E-state index in [0.29, 0.717) is 6.61 Å². The molecule has 1 unspecified atom stereocenters. The fourth-order valence-electron chi connectivity index (χ4n) is 0.619. The van der Waals surface area contributed by atoms with Gasteiger partial charge < -0.3 is 10.5 Å². The van der Waals surface area contributed by atoms with Gasteiger partial charge in [-0.05, 0) is 13.3 Å². The van der Waals surface area contributed by atoms with E-state index in [-0.39, 0.29) is 12.0 Å². The molecule has 0 aliphatic carbocycles. The van der Waals surface area contributed by atoms with Crippen molar-refractivity contribution in [3.63, 3.8) is 0 Å². The summed E-state index contributed by atoms with van der Waals surface area (Å²) in [6.45, 7) is 2.53. The molecule has 66 valence electrons. The Hall–Kier alpha value is -0.810. The van der Waals surface area contributed by atoms with E-state index < -0.39 is 0 Å². The van der Waals surface area contributed by atoms with Crippen molar-refractivity contribution < 1.29 is 9.94 Å². The van der Waals surface area contributed by atoms with Crippen LogP contribution in [0.1, 0.15) is 13.3 Å². The van der Waals surface area contributed by atoms with Crippen LogP contribution in [0.3, 0.4) is 0 Å². The number of hydrogen-bond donors (Lipinski definition) is 3. The van der Waals surface area contributed by atoms with Gasteiger partial charge in [-0.25, -0.2) is 10.5 Å². The molecule has 0 aliphatic heterocycles. The molecule has 0 aliphatic rings. The highest BCUT2D eigenvalue weighted by Crippen LogP contribution is 1.95. The number of ether oxygens (including phenoxy) is 1. The van der Waals surface area contributed by atoms with Gasteiger partial charge >= 0.3 is 0 Å². The summed E-state index contributed by atoms with van der Waals surface area (Å²) in [4.78, 5) is 3.89. The van der Waals surface area contributed by atoms with E-state index in [1.807, 2.05) is 6.92 Å². The van der Waals surface area contributed by atoms with Crippen LogP contribution in [0, 0.1) is 0 Å². The van der Waals surface area contributed by atoms with E-state index >= 15 is 0 Å². The third-order valence-electron chi connectivity index (χ3n) is 1.21. The molecule has 1 atom stereocenters. The number of nitrogens with zero attached hydrogens (tertiary/aromatic N) is 1. The third kappa shape index (κ3) is 5.63. The highest BCUT2D eigenvalue weighted by molar-refractivity contribution is 5.76. The highest BCUT2D eigenvalue weighted by atomic mass is 16.5. The zero-order valence-corrected chi connectivity index (χ0v) is 6.87. The summed E-state index contributed by atoms with van der Waals surface area (Å²) in [5, 5.41) is 8.27. The van der Waals surface area contributed by atoms with Crippen LogP contribution in [-0.2, 0) is 4.74 Å². The molecule has 5 nitrogen and oxygen atoms in total. The molecule has 0 radical (unpaired) electrons. The largest absolute Gasteiger partial charge is 0.385 e. The number of nitrogens with two attached hydrogens (primary N) is 1. The molecule has 0 saturated heterocycles. The average molecular weight is 161 g/mol. The Balaban J connectivity index is 3.57. The third-order valence-corrected chi connectivity index (χ3v) is 1.21. The number of methoxy groups -OCH3 is 1. The van der Waals surface area contributed by atoms with Crippen molar-refractivity contribution in [2.45, 2.75) is 19.4 Å². The van der Waals surface area contributed by atoms with E-state index in [0.717, 1.165) is 6.42 Å². The Morgan fingerprint density at radius 2 is 2.45 bits per heavy atom. The molecule has 0 spiro atoms. The lowest BCUT2D eigenvalue weighted by atomic mass is 10.3. The minimum atomic E-state index is 0.0357. The van der Waals surface area contributed by atoms with Crippen LogP contribution < -0.4 is 11.2 Å². The molecule has 0 heterocycles. The van der Waals surface area contributed by atoms with Crippen molar-refractivity contribution in [2.24, 2.45) is 10.7 Å². The van der Waals surface area contributed by atoms with Crippen LogP contribution in [-0.4, -0.2) is 30.9 Å². The molecule has 0 saturated carbocycles. The van der Waals surface area contributed by atoms with Crippen LogP contribution in [0.15, 0.2) is 4.99 Å². The van der Waals surface area contributed by atoms with Gasteiger partial charge in [0.15, 0.2) is 0 Å². The second kappa shape index (κ2) is 5.94. The fraction of sp³-hybridized carbons (Fsp3) is 0.833. The first-order valence-corrected chi connectivity index (χ1v) is 3.43. The van der Waals surface area contributed by atoms with E-state index in [9.17, 15) is 0 Å². The van der Waals surface area contributed by atoms with E-state index in [1.54, 1.807) is 12.6 Å². The maximum atomic E-state index is 8.27. The van der Waals surface area contributed by atoms with Crippen molar-refractivity contribution >= 4 is 5.96 Å². The number of guanidine groups is 1. The zero-order valence-electron chi connectivity index (χ0n) is 6.87. The minimum absolute atomic E-state index is 0.0357. The first-order valence-electron chi connectivity index (χ1n) is 3.43.